The predicted molar refractivity (Wildman–Crippen MR) is 101 cm³/mol. The van der Waals surface area contributed by atoms with E-state index in [4.69, 9.17) is 0 Å². The van der Waals surface area contributed by atoms with Gasteiger partial charge in [0.1, 0.15) is 11.6 Å². The minimum absolute atomic E-state index is 0.0493. The molecule has 0 spiro atoms. The number of fused-ring (bicyclic) bond motifs is 1. The van der Waals surface area contributed by atoms with E-state index in [9.17, 15) is 13.2 Å². The van der Waals surface area contributed by atoms with Crippen molar-refractivity contribution < 1.29 is 13.2 Å². The van der Waals surface area contributed by atoms with E-state index in [1.165, 1.54) is 10.5 Å². The summed E-state index contributed by atoms with van der Waals surface area (Å²) in [5.74, 6) is 0.763. The second kappa shape index (κ2) is 6.99. The molecule has 0 aliphatic carbocycles. The summed E-state index contributed by atoms with van der Waals surface area (Å²) in [6.45, 7) is 2.32. The normalized spacial score (nSPS) is 16.5. The van der Waals surface area contributed by atoms with Crippen molar-refractivity contribution in [2.45, 2.75) is 24.8 Å². The van der Waals surface area contributed by atoms with E-state index in [2.05, 4.69) is 20.4 Å². The number of rotatable bonds is 4. The maximum absolute atomic E-state index is 12.8. The van der Waals surface area contributed by atoms with Crippen molar-refractivity contribution in [1.29, 1.82) is 0 Å². The number of nitrogens with zero attached hydrogens (tertiary/aromatic N) is 6. The Morgan fingerprint density at radius 2 is 1.96 bits per heavy atom. The topological polar surface area (TPSA) is 114 Å². The van der Waals surface area contributed by atoms with Crippen LogP contribution in [0.3, 0.4) is 0 Å². The van der Waals surface area contributed by atoms with Crippen LogP contribution in [0.5, 0.6) is 0 Å². The zero-order valence-corrected chi connectivity index (χ0v) is 16.4. The van der Waals surface area contributed by atoms with E-state index < -0.39 is 10.0 Å². The Bertz CT molecular complexity index is 1110. The number of piperidine rings is 1. The highest BCUT2D eigenvalue weighted by Gasteiger charge is 2.33. The molecule has 3 aromatic heterocycles. The lowest BCUT2D eigenvalue weighted by atomic mass is 9.97. The molecule has 0 radical (unpaired) electrons. The summed E-state index contributed by atoms with van der Waals surface area (Å²) in [6.07, 6.45) is 5.63. The standard InChI is InChI=1S/C17H21N7O3S/c1-12-20-16(11-22(12)2)28(26,27)23-9-5-13(6-10-23)17(25)21-15-3-7-18-14-4-8-19-24(14)15/h3-4,7-8,11,13H,5-6,9-10H2,1-2H3,(H,21,25). The van der Waals surface area contributed by atoms with Gasteiger partial charge < -0.3 is 9.88 Å². The zero-order chi connectivity index (χ0) is 19.9. The minimum Gasteiger partial charge on any atom is -0.337 e. The van der Waals surface area contributed by atoms with Gasteiger partial charge >= 0.3 is 0 Å². The SMILES string of the molecule is Cc1nc(S(=O)(=O)N2CCC(C(=O)Nc3ccnc4ccnn34)CC2)cn1C. The fraction of sp³-hybridized carbons (Fsp3) is 0.412. The Morgan fingerprint density at radius 3 is 2.64 bits per heavy atom. The van der Waals surface area contributed by atoms with Gasteiger partial charge in [0.15, 0.2) is 10.7 Å². The second-order valence-corrected chi connectivity index (χ2v) is 8.72. The van der Waals surface area contributed by atoms with Crippen molar-refractivity contribution >= 4 is 27.4 Å². The van der Waals surface area contributed by atoms with Crippen LogP contribution >= 0.6 is 0 Å². The molecule has 11 heteroatoms. The molecular weight excluding hydrogens is 382 g/mol. The fourth-order valence-corrected chi connectivity index (χ4v) is 4.79. The predicted octanol–water partition coefficient (Wildman–Crippen LogP) is 0.811. The van der Waals surface area contributed by atoms with Gasteiger partial charge in [0.25, 0.3) is 10.0 Å². The molecule has 0 unspecified atom stereocenters. The molecule has 0 bridgehead atoms. The first-order valence-corrected chi connectivity index (χ1v) is 10.4. The number of carbonyl (C=O) groups is 1. The Labute approximate surface area is 162 Å². The Balaban J connectivity index is 1.42. The van der Waals surface area contributed by atoms with Crippen molar-refractivity contribution in [1.82, 2.24) is 28.5 Å². The molecule has 0 saturated carbocycles. The monoisotopic (exact) mass is 403 g/mol. The number of sulfonamides is 1. The van der Waals surface area contributed by atoms with Gasteiger partial charge in [-0.25, -0.2) is 18.4 Å². The highest BCUT2D eigenvalue weighted by molar-refractivity contribution is 7.89. The van der Waals surface area contributed by atoms with Crippen molar-refractivity contribution in [3.63, 3.8) is 0 Å². The van der Waals surface area contributed by atoms with Gasteiger partial charge in [0, 0.05) is 44.5 Å². The first-order valence-electron chi connectivity index (χ1n) is 8.96. The molecule has 10 nitrogen and oxygen atoms in total. The minimum atomic E-state index is -3.65. The summed E-state index contributed by atoms with van der Waals surface area (Å²) in [5.41, 5.74) is 0.643. The van der Waals surface area contributed by atoms with Crippen molar-refractivity contribution in [3.05, 3.63) is 36.5 Å². The van der Waals surface area contributed by atoms with Crippen molar-refractivity contribution in [2.75, 3.05) is 18.4 Å². The van der Waals surface area contributed by atoms with Gasteiger partial charge in [-0.15, -0.1) is 0 Å². The van der Waals surface area contributed by atoms with E-state index >= 15 is 0 Å². The quantitative estimate of drug-likeness (QED) is 0.689. The van der Waals surface area contributed by atoms with E-state index in [1.807, 2.05) is 0 Å². The van der Waals surface area contributed by atoms with Gasteiger partial charge in [-0.05, 0) is 25.8 Å². The lowest BCUT2D eigenvalue weighted by molar-refractivity contribution is -0.120. The number of amides is 1. The Hall–Kier alpha value is -2.79. The maximum atomic E-state index is 12.8. The summed E-state index contributed by atoms with van der Waals surface area (Å²) in [7, 11) is -1.89. The molecule has 1 fully saturated rings. The van der Waals surface area contributed by atoms with Gasteiger partial charge in [0.05, 0.1) is 6.20 Å². The number of anilines is 1. The van der Waals surface area contributed by atoms with E-state index in [0.717, 1.165) is 0 Å². The summed E-state index contributed by atoms with van der Waals surface area (Å²) in [5, 5.41) is 7.07. The molecule has 1 aliphatic heterocycles. The highest BCUT2D eigenvalue weighted by Crippen LogP contribution is 2.24. The highest BCUT2D eigenvalue weighted by atomic mass is 32.2. The molecule has 1 aliphatic rings. The molecule has 28 heavy (non-hydrogen) atoms. The molecule has 1 N–H and O–H groups in total. The van der Waals surface area contributed by atoms with E-state index in [-0.39, 0.29) is 29.9 Å². The van der Waals surface area contributed by atoms with Crippen LogP contribution in [0.25, 0.3) is 5.65 Å². The van der Waals surface area contributed by atoms with E-state index in [0.29, 0.717) is 30.1 Å². The summed E-state index contributed by atoms with van der Waals surface area (Å²) < 4.78 is 30.2. The van der Waals surface area contributed by atoms with Crippen LogP contribution in [-0.2, 0) is 21.9 Å². The molecular formula is C17H21N7O3S. The zero-order valence-electron chi connectivity index (χ0n) is 15.6. The van der Waals surface area contributed by atoms with Gasteiger partial charge in [-0.3, -0.25) is 4.79 Å². The largest absolute Gasteiger partial charge is 0.337 e. The third-order valence-electron chi connectivity index (χ3n) is 5.06. The third-order valence-corrected chi connectivity index (χ3v) is 6.83. The number of aryl methyl sites for hydroxylation is 2. The third kappa shape index (κ3) is 3.27. The molecule has 148 valence electrons. The Morgan fingerprint density at radius 1 is 1.21 bits per heavy atom. The summed E-state index contributed by atoms with van der Waals surface area (Å²) >= 11 is 0. The van der Waals surface area contributed by atoms with Crippen molar-refractivity contribution in [3.8, 4) is 0 Å². The number of aromatic nitrogens is 5. The van der Waals surface area contributed by atoms with Crippen LogP contribution in [0, 0.1) is 12.8 Å². The van der Waals surface area contributed by atoms with Crippen LogP contribution in [0.1, 0.15) is 18.7 Å². The van der Waals surface area contributed by atoms with Crippen molar-refractivity contribution in [2.24, 2.45) is 13.0 Å². The van der Waals surface area contributed by atoms with Crippen LogP contribution in [-0.4, -0.2) is 55.9 Å². The fourth-order valence-electron chi connectivity index (χ4n) is 3.30. The summed E-state index contributed by atoms with van der Waals surface area (Å²) in [6, 6.07) is 3.43. The van der Waals surface area contributed by atoms with Gasteiger partial charge in [-0.2, -0.15) is 13.9 Å². The maximum Gasteiger partial charge on any atom is 0.262 e. The molecule has 1 amide bonds. The smallest absolute Gasteiger partial charge is 0.262 e. The van der Waals surface area contributed by atoms with Gasteiger partial charge in [0.2, 0.25) is 5.91 Å². The number of nitrogens with one attached hydrogen (secondary N) is 1. The average molecular weight is 403 g/mol. The number of hydrogen-bond acceptors (Lipinski definition) is 6. The summed E-state index contributed by atoms with van der Waals surface area (Å²) in [4.78, 5) is 20.9. The first kappa shape index (κ1) is 18.6. The van der Waals surface area contributed by atoms with Crippen LogP contribution in [0.4, 0.5) is 5.82 Å². The molecule has 0 aromatic carbocycles. The number of hydrogen-bond donors (Lipinski definition) is 1. The van der Waals surface area contributed by atoms with Crippen LogP contribution < -0.4 is 5.32 Å². The number of carbonyl (C=O) groups excluding carboxylic acids is 1. The van der Waals surface area contributed by atoms with Crippen LogP contribution in [0.15, 0.2) is 35.7 Å². The molecule has 4 rings (SSSR count). The number of imidazole rings is 1. The molecule has 0 atom stereocenters. The average Bonchev–Trinajstić information content (AvgIpc) is 3.29. The lowest BCUT2D eigenvalue weighted by Crippen LogP contribution is -2.41. The van der Waals surface area contributed by atoms with E-state index in [1.54, 1.807) is 47.6 Å². The second-order valence-electron chi connectivity index (χ2n) is 6.84. The van der Waals surface area contributed by atoms with Gasteiger partial charge in [-0.1, -0.05) is 0 Å². The Kier molecular flexibility index (Phi) is 4.63. The lowest BCUT2D eigenvalue weighted by Gasteiger charge is -2.29. The molecule has 4 heterocycles. The van der Waals surface area contributed by atoms with Crippen LogP contribution in [0.2, 0.25) is 0 Å². The first-order chi connectivity index (χ1) is 13.4. The molecule has 3 aromatic rings. The molecule has 1 saturated heterocycles.